The van der Waals surface area contributed by atoms with Gasteiger partial charge in [-0.05, 0) is 80.4 Å². The molecule has 2 aromatic carbocycles. The molecule has 1 fully saturated rings. The fourth-order valence-electron chi connectivity index (χ4n) is 5.75. The zero-order valence-electron chi connectivity index (χ0n) is 26.5. The number of ether oxygens (including phenoxy) is 2. The van der Waals surface area contributed by atoms with Gasteiger partial charge in [-0.15, -0.1) is 0 Å². The van der Waals surface area contributed by atoms with Gasteiger partial charge in [0.15, 0.2) is 0 Å². The topological polar surface area (TPSA) is 136 Å². The Morgan fingerprint density at radius 2 is 1.84 bits per heavy atom. The summed E-state index contributed by atoms with van der Waals surface area (Å²) >= 11 is 0. The van der Waals surface area contributed by atoms with E-state index < -0.39 is 47.1 Å². The third-order valence-electron chi connectivity index (χ3n) is 8.84. The predicted molar refractivity (Wildman–Crippen MR) is 171 cm³/mol. The van der Waals surface area contributed by atoms with Gasteiger partial charge in [0.1, 0.15) is 46.3 Å². The van der Waals surface area contributed by atoms with Crippen molar-refractivity contribution >= 4 is 22.7 Å². The third kappa shape index (κ3) is 6.10. The molecule has 14 heteroatoms. The summed E-state index contributed by atoms with van der Waals surface area (Å²) in [6.45, 7) is -0.125. The van der Waals surface area contributed by atoms with Crippen LogP contribution in [0.4, 0.5) is 17.6 Å². The van der Waals surface area contributed by atoms with Crippen molar-refractivity contribution in [3.05, 3.63) is 108 Å². The number of carbonyl (C=O) groups excluding carboxylic acids is 2. The van der Waals surface area contributed by atoms with E-state index in [4.69, 9.17) is 13.9 Å². The number of fused-ring (bicyclic) bond motifs is 2. The van der Waals surface area contributed by atoms with Crippen LogP contribution < -0.4 is 20.1 Å². The highest BCUT2D eigenvalue weighted by molar-refractivity contribution is 6.00. The standard InChI is InChI=1S/C36H30F4N4O6/c1-34(33(46)42-17-25-5-3-13-48-25)19-49-31-26(34)16-28(44-30(31)20-6-8-23(37)9-7-20)35(47,36(38,39)40)18-43-32(45)22-14-21-4-2-12-41-29(21)27(15-22)50-24-10-11-24/h2-9,12-16,24,47H,10-11,17-19H2,1H3,(H,42,46)(H,43,45)/t34-,35?/m0/s1. The third-order valence-corrected chi connectivity index (χ3v) is 8.84. The monoisotopic (exact) mass is 690 g/mol. The van der Waals surface area contributed by atoms with E-state index in [0.29, 0.717) is 22.4 Å². The second-order valence-electron chi connectivity index (χ2n) is 12.5. The van der Waals surface area contributed by atoms with Crippen molar-refractivity contribution in [2.45, 2.75) is 49.6 Å². The number of benzene rings is 2. The molecule has 1 saturated carbocycles. The highest BCUT2D eigenvalue weighted by Gasteiger charge is 2.58. The number of furan rings is 1. The highest BCUT2D eigenvalue weighted by atomic mass is 19.4. The molecule has 258 valence electrons. The van der Waals surface area contributed by atoms with E-state index >= 15 is 0 Å². The van der Waals surface area contributed by atoms with Gasteiger partial charge in [0, 0.05) is 28.3 Å². The van der Waals surface area contributed by atoms with Gasteiger partial charge >= 0.3 is 6.18 Å². The zero-order chi connectivity index (χ0) is 35.3. The Kier molecular flexibility index (Phi) is 8.21. The Bertz CT molecular complexity index is 2090. The van der Waals surface area contributed by atoms with E-state index in [2.05, 4.69) is 20.6 Å². The van der Waals surface area contributed by atoms with Crippen LogP contribution >= 0.6 is 0 Å². The first-order valence-corrected chi connectivity index (χ1v) is 15.7. The molecule has 3 N–H and O–H groups in total. The van der Waals surface area contributed by atoms with Gasteiger partial charge in [-0.1, -0.05) is 6.07 Å². The van der Waals surface area contributed by atoms with Gasteiger partial charge in [-0.2, -0.15) is 13.2 Å². The van der Waals surface area contributed by atoms with Crippen LogP contribution in [0, 0.1) is 5.82 Å². The molecule has 0 saturated heterocycles. The summed E-state index contributed by atoms with van der Waals surface area (Å²) in [5.74, 6) is -1.35. The second kappa shape index (κ2) is 12.4. The Morgan fingerprint density at radius 1 is 1.06 bits per heavy atom. The number of nitrogens with one attached hydrogen (secondary N) is 2. The van der Waals surface area contributed by atoms with Crippen LogP contribution in [0.2, 0.25) is 0 Å². The van der Waals surface area contributed by atoms with E-state index in [-0.39, 0.29) is 47.4 Å². The summed E-state index contributed by atoms with van der Waals surface area (Å²) in [6, 6.07) is 15.2. The first-order chi connectivity index (χ1) is 23.9. The number of hydrogen-bond donors (Lipinski definition) is 3. The number of halogens is 4. The van der Waals surface area contributed by atoms with Crippen LogP contribution in [0.25, 0.3) is 22.2 Å². The van der Waals surface area contributed by atoms with Crippen molar-refractivity contribution < 1.29 is 46.1 Å². The summed E-state index contributed by atoms with van der Waals surface area (Å²) in [5.41, 5.74) is -5.67. The Hall–Kier alpha value is -5.50. The molecule has 2 aliphatic rings. The summed E-state index contributed by atoms with van der Waals surface area (Å²) in [7, 11) is 0. The van der Waals surface area contributed by atoms with Crippen LogP contribution in [0.1, 0.15) is 47.1 Å². The fraction of sp³-hybridized carbons (Fsp3) is 0.278. The first-order valence-electron chi connectivity index (χ1n) is 15.7. The van der Waals surface area contributed by atoms with Crippen molar-refractivity contribution in [2.75, 3.05) is 13.2 Å². The molecule has 1 aliphatic heterocycles. The van der Waals surface area contributed by atoms with Gasteiger partial charge in [-0.25, -0.2) is 9.37 Å². The number of aliphatic hydroxyl groups is 1. The molecule has 3 aromatic heterocycles. The molecule has 4 heterocycles. The van der Waals surface area contributed by atoms with Gasteiger partial charge < -0.3 is 29.6 Å². The molecule has 0 radical (unpaired) electrons. The SMILES string of the molecule is C[C@]1(C(=O)NCc2ccco2)COc2c1cc(C(O)(CNC(=O)c1cc(OC3CC3)c3ncccc3c1)C(F)(F)F)nc2-c1ccc(F)cc1. The fourth-order valence-corrected chi connectivity index (χ4v) is 5.75. The van der Waals surface area contributed by atoms with Crippen molar-refractivity contribution in [3.63, 3.8) is 0 Å². The van der Waals surface area contributed by atoms with Crippen molar-refractivity contribution in [1.29, 1.82) is 0 Å². The molecule has 0 spiro atoms. The van der Waals surface area contributed by atoms with Gasteiger partial charge in [0.2, 0.25) is 11.5 Å². The number of amides is 2. The molecule has 1 aliphatic carbocycles. The molecule has 7 rings (SSSR count). The van der Waals surface area contributed by atoms with Crippen LogP contribution in [-0.4, -0.2) is 52.3 Å². The van der Waals surface area contributed by atoms with Crippen molar-refractivity contribution in [3.8, 4) is 22.8 Å². The first kappa shape index (κ1) is 33.0. The number of pyridine rings is 2. The minimum absolute atomic E-state index is 0.00229. The number of hydrogen-bond acceptors (Lipinski definition) is 8. The van der Waals surface area contributed by atoms with Crippen LogP contribution in [0.5, 0.6) is 11.5 Å². The van der Waals surface area contributed by atoms with Crippen molar-refractivity contribution in [1.82, 2.24) is 20.6 Å². The number of nitrogens with zero attached hydrogens (tertiary/aromatic N) is 2. The summed E-state index contributed by atoms with van der Waals surface area (Å²) in [4.78, 5) is 35.5. The molecule has 2 amide bonds. The molecule has 2 atom stereocenters. The quantitative estimate of drug-likeness (QED) is 0.159. The normalized spacial score (nSPS) is 18.2. The molecule has 1 unspecified atom stereocenters. The lowest BCUT2D eigenvalue weighted by atomic mass is 9.81. The molecule has 10 nitrogen and oxygen atoms in total. The Balaban J connectivity index is 1.26. The van der Waals surface area contributed by atoms with Gasteiger partial charge in [0.25, 0.3) is 5.91 Å². The predicted octanol–water partition coefficient (Wildman–Crippen LogP) is 5.72. The lowest BCUT2D eigenvalue weighted by molar-refractivity contribution is -0.265. The molecular formula is C36H30F4N4O6. The lowest BCUT2D eigenvalue weighted by Crippen LogP contribution is -2.52. The summed E-state index contributed by atoms with van der Waals surface area (Å²) in [6.07, 6.45) is -0.768. The van der Waals surface area contributed by atoms with Crippen LogP contribution in [0.15, 0.2) is 83.6 Å². The molecule has 50 heavy (non-hydrogen) atoms. The van der Waals surface area contributed by atoms with E-state index in [0.717, 1.165) is 31.0 Å². The minimum atomic E-state index is -5.37. The van der Waals surface area contributed by atoms with E-state index in [1.165, 1.54) is 37.5 Å². The summed E-state index contributed by atoms with van der Waals surface area (Å²) in [5, 5.41) is 17.0. The average molecular weight is 691 g/mol. The van der Waals surface area contributed by atoms with Gasteiger partial charge in [-0.3, -0.25) is 14.6 Å². The van der Waals surface area contributed by atoms with E-state index in [1.807, 2.05) is 0 Å². The number of alkyl halides is 3. The lowest BCUT2D eigenvalue weighted by Gasteiger charge is -2.31. The molecule has 5 aromatic rings. The Labute approximate surface area is 282 Å². The smallest absolute Gasteiger partial charge is 0.424 e. The maximum atomic E-state index is 15.0. The van der Waals surface area contributed by atoms with E-state index in [9.17, 15) is 32.3 Å². The average Bonchev–Trinajstić information content (AvgIpc) is 3.63. The largest absolute Gasteiger partial charge is 0.489 e. The Morgan fingerprint density at radius 3 is 2.54 bits per heavy atom. The second-order valence-corrected chi connectivity index (χ2v) is 12.5. The number of rotatable bonds is 10. The molecular weight excluding hydrogens is 660 g/mol. The maximum Gasteiger partial charge on any atom is 0.424 e. The van der Waals surface area contributed by atoms with Crippen LogP contribution in [0.3, 0.4) is 0 Å². The number of aromatic nitrogens is 2. The van der Waals surface area contributed by atoms with E-state index in [1.54, 1.807) is 30.5 Å². The molecule has 0 bridgehead atoms. The number of carbonyl (C=O) groups is 2. The van der Waals surface area contributed by atoms with Crippen LogP contribution in [-0.2, 0) is 22.4 Å². The maximum absolute atomic E-state index is 15.0. The van der Waals surface area contributed by atoms with Crippen molar-refractivity contribution in [2.24, 2.45) is 0 Å². The highest BCUT2D eigenvalue weighted by Crippen LogP contribution is 2.48. The summed E-state index contributed by atoms with van der Waals surface area (Å²) < 4.78 is 75.9. The zero-order valence-corrected chi connectivity index (χ0v) is 26.5. The minimum Gasteiger partial charge on any atom is -0.489 e. The van der Waals surface area contributed by atoms with Gasteiger partial charge in [0.05, 0.1) is 31.2 Å².